The number of hydrogen-bond donors (Lipinski definition) is 0. The van der Waals surface area contributed by atoms with Crippen LogP contribution in [-0.2, 0) is 4.79 Å². The van der Waals surface area contributed by atoms with E-state index >= 15 is 0 Å². The molecule has 144 valence electrons. The lowest BCUT2D eigenvalue weighted by Crippen LogP contribution is -2.14. The van der Waals surface area contributed by atoms with Gasteiger partial charge in [-0.1, -0.05) is 41.5 Å². The van der Waals surface area contributed by atoms with E-state index in [0.29, 0.717) is 16.7 Å². The summed E-state index contributed by atoms with van der Waals surface area (Å²) in [5.41, 5.74) is 2.82. The first-order chi connectivity index (χ1) is 14.0. The minimum Gasteiger partial charge on any atom is -0.461 e. The van der Waals surface area contributed by atoms with Crippen molar-refractivity contribution in [1.82, 2.24) is 0 Å². The van der Waals surface area contributed by atoms with Crippen LogP contribution in [0.1, 0.15) is 16.7 Å². The third kappa shape index (κ3) is 3.89. The molecular weight excluding hydrogens is 368 g/mol. The van der Waals surface area contributed by atoms with Gasteiger partial charge in [-0.3, -0.25) is 4.79 Å². The molecule has 2 aromatic carbocycles. The summed E-state index contributed by atoms with van der Waals surface area (Å²) in [5.74, 6) is -0.502. The average Bonchev–Trinajstić information content (AvgIpc) is 3.24. The number of esters is 1. The summed E-state index contributed by atoms with van der Waals surface area (Å²) in [7, 11) is 0. The molecule has 0 N–H and O–H groups in total. The van der Waals surface area contributed by atoms with Gasteiger partial charge in [0.1, 0.15) is 5.58 Å². The Labute approximate surface area is 166 Å². The molecule has 0 unspecified atom stereocenters. The minimum atomic E-state index is -0.683. The smallest absolute Gasteiger partial charge is 0.336 e. The standard InChI is InChI=1S/C24H18O5/c1-15-5-8-17(9-6-15)10-12-21(25)29-24-22(26)18-14-16(2)7-11-19(18)28-23(24)20-4-3-13-27-20/h3-14H,1-2H3. The monoisotopic (exact) mass is 386 g/mol. The Morgan fingerprint density at radius 2 is 1.76 bits per heavy atom. The molecule has 0 saturated carbocycles. The van der Waals surface area contributed by atoms with Crippen molar-refractivity contribution in [3.8, 4) is 17.3 Å². The highest BCUT2D eigenvalue weighted by atomic mass is 16.5. The zero-order valence-corrected chi connectivity index (χ0v) is 16.0. The van der Waals surface area contributed by atoms with Gasteiger partial charge in [-0.2, -0.15) is 0 Å². The van der Waals surface area contributed by atoms with Crippen molar-refractivity contribution < 1.29 is 18.4 Å². The summed E-state index contributed by atoms with van der Waals surface area (Å²) >= 11 is 0. The minimum absolute atomic E-state index is 0.0773. The number of hydrogen-bond acceptors (Lipinski definition) is 5. The molecule has 0 atom stereocenters. The maximum Gasteiger partial charge on any atom is 0.336 e. The Bertz CT molecular complexity index is 1260. The molecule has 0 radical (unpaired) electrons. The van der Waals surface area contributed by atoms with Crippen LogP contribution in [0.25, 0.3) is 28.6 Å². The lowest BCUT2D eigenvalue weighted by atomic mass is 10.1. The molecule has 0 spiro atoms. The van der Waals surface area contributed by atoms with E-state index in [1.165, 1.54) is 12.3 Å². The molecule has 5 nitrogen and oxygen atoms in total. The second-order valence-corrected chi connectivity index (χ2v) is 6.73. The third-order valence-corrected chi connectivity index (χ3v) is 4.44. The van der Waals surface area contributed by atoms with Gasteiger partial charge in [0, 0.05) is 6.08 Å². The molecule has 0 aliphatic heterocycles. The Balaban J connectivity index is 1.74. The first-order valence-corrected chi connectivity index (χ1v) is 9.09. The van der Waals surface area contributed by atoms with E-state index in [1.54, 1.807) is 30.3 Å². The van der Waals surface area contributed by atoms with Gasteiger partial charge in [-0.15, -0.1) is 0 Å². The van der Waals surface area contributed by atoms with E-state index in [0.717, 1.165) is 16.7 Å². The fourth-order valence-corrected chi connectivity index (χ4v) is 2.93. The number of aryl methyl sites for hydroxylation is 2. The van der Waals surface area contributed by atoms with Crippen LogP contribution < -0.4 is 10.2 Å². The predicted molar refractivity (Wildman–Crippen MR) is 111 cm³/mol. The lowest BCUT2D eigenvalue weighted by molar-refractivity contribution is -0.129. The zero-order chi connectivity index (χ0) is 20.4. The highest BCUT2D eigenvalue weighted by molar-refractivity contribution is 5.90. The lowest BCUT2D eigenvalue weighted by Gasteiger charge is -2.08. The fraction of sp³-hybridized carbons (Fsp3) is 0.0833. The van der Waals surface area contributed by atoms with Gasteiger partial charge < -0.3 is 13.6 Å². The number of carbonyl (C=O) groups is 1. The van der Waals surface area contributed by atoms with Crippen LogP contribution in [0.5, 0.6) is 5.75 Å². The van der Waals surface area contributed by atoms with E-state index in [2.05, 4.69) is 0 Å². The summed E-state index contributed by atoms with van der Waals surface area (Å²) < 4.78 is 16.6. The van der Waals surface area contributed by atoms with E-state index in [1.807, 2.05) is 44.2 Å². The Morgan fingerprint density at radius 3 is 2.48 bits per heavy atom. The molecule has 4 rings (SSSR count). The summed E-state index contributed by atoms with van der Waals surface area (Å²) in [5, 5.41) is 0.339. The van der Waals surface area contributed by atoms with Crippen LogP contribution in [0, 0.1) is 13.8 Å². The maximum atomic E-state index is 13.0. The van der Waals surface area contributed by atoms with Crippen molar-refractivity contribution >= 4 is 23.0 Å². The van der Waals surface area contributed by atoms with E-state index in [4.69, 9.17) is 13.6 Å². The second-order valence-electron chi connectivity index (χ2n) is 6.73. The molecule has 0 aliphatic carbocycles. The van der Waals surface area contributed by atoms with Crippen molar-refractivity contribution in [1.29, 1.82) is 0 Å². The van der Waals surface area contributed by atoms with Gasteiger partial charge >= 0.3 is 5.97 Å². The highest BCUT2D eigenvalue weighted by Gasteiger charge is 2.21. The van der Waals surface area contributed by atoms with Crippen LogP contribution in [-0.4, -0.2) is 5.97 Å². The number of furan rings is 1. The fourth-order valence-electron chi connectivity index (χ4n) is 2.93. The quantitative estimate of drug-likeness (QED) is 0.352. The molecule has 2 heterocycles. The van der Waals surface area contributed by atoms with Crippen molar-refractivity contribution in [2.24, 2.45) is 0 Å². The molecule has 2 aromatic heterocycles. The largest absolute Gasteiger partial charge is 0.461 e. The van der Waals surface area contributed by atoms with E-state index in [-0.39, 0.29) is 11.5 Å². The third-order valence-electron chi connectivity index (χ3n) is 4.44. The van der Waals surface area contributed by atoms with Crippen LogP contribution in [0.4, 0.5) is 0 Å². The predicted octanol–water partition coefficient (Wildman–Crippen LogP) is 5.29. The maximum absolute atomic E-state index is 13.0. The number of ether oxygens (including phenoxy) is 1. The first-order valence-electron chi connectivity index (χ1n) is 9.09. The first kappa shape index (κ1) is 18.5. The van der Waals surface area contributed by atoms with Gasteiger partial charge in [0.25, 0.3) is 0 Å². The molecule has 0 fully saturated rings. The molecule has 5 heteroatoms. The number of rotatable bonds is 4. The van der Waals surface area contributed by atoms with Crippen molar-refractivity contribution in [2.45, 2.75) is 13.8 Å². The molecule has 0 amide bonds. The summed E-state index contributed by atoms with van der Waals surface area (Å²) in [6, 6.07) is 16.2. The van der Waals surface area contributed by atoms with Crippen LogP contribution in [0.3, 0.4) is 0 Å². The van der Waals surface area contributed by atoms with E-state index in [9.17, 15) is 9.59 Å². The van der Waals surface area contributed by atoms with Gasteiger partial charge in [0.05, 0.1) is 11.6 Å². The van der Waals surface area contributed by atoms with E-state index < -0.39 is 11.4 Å². The van der Waals surface area contributed by atoms with Crippen molar-refractivity contribution in [2.75, 3.05) is 0 Å². The Hall–Kier alpha value is -3.86. The molecule has 4 aromatic rings. The topological polar surface area (TPSA) is 69.7 Å². The van der Waals surface area contributed by atoms with Crippen molar-refractivity contribution in [3.05, 3.63) is 93.9 Å². The van der Waals surface area contributed by atoms with Crippen LogP contribution >= 0.6 is 0 Å². The Kier molecular flexibility index (Phi) is 4.87. The summed E-state index contributed by atoms with van der Waals surface area (Å²) in [6.45, 7) is 3.86. The van der Waals surface area contributed by atoms with Gasteiger partial charge in [0.15, 0.2) is 5.76 Å². The molecule has 0 bridgehead atoms. The average molecular weight is 386 g/mol. The number of fused-ring (bicyclic) bond motifs is 1. The van der Waals surface area contributed by atoms with Gasteiger partial charge in [-0.05, 0) is 49.8 Å². The van der Waals surface area contributed by atoms with Gasteiger partial charge in [-0.25, -0.2) is 4.79 Å². The summed E-state index contributed by atoms with van der Waals surface area (Å²) in [4.78, 5) is 25.5. The number of benzene rings is 2. The molecule has 0 aliphatic rings. The van der Waals surface area contributed by atoms with Crippen LogP contribution in [0.15, 0.2) is 80.6 Å². The SMILES string of the molecule is Cc1ccc(C=CC(=O)Oc2c(-c3ccco3)oc3ccc(C)cc3c2=O)cc1. The number of carbonyl (C=O) groups excluding carboxylic acids is 1. The summed E-state index contributed by atoms with van der Waals surface area (Å²) in [6.07, 6.45) is 4.36. The highest BCUT2D eigenvalue weighted by Crippen LogP contribution is 2.31. The second kappa shape index (κ2) is 7.64. The normalized spacial score (nSPS) is 11.2. The van der Waals surface area contributed by atoms with Crippen molar-refractivity contribution in [3.63, 3.8) is 0 Å². The molecule has 0 saturated heterocycles. The zero-order valence-electron chi connectivity index (χ0n) is 16.0. The van der Waals surface area contributed by atoms with Gasteiger partial charge in [0.2, 0.25) is 16.9 Å². The molecular formula is C24H18O5. The van der Waals surface area contributed by atoms with Crippen LogP contribution in [0.2, 0.25) is 0 Å². The Morgan fingerprint density at radius 1 is 1.00 bits per heavy atom. The molecule has 29 heavy (non-hydrogen) atoms.